The van der Waals surface area contributed by atoms with Gasteiger partial charge in [0.05, 0.1) is 40.1 Å². The van der Waals surface area contributed by atoms with Crippen LogP contribution in [0.5, 0.6) is 17.2 Å². The number of methoxy groups -OCH3 is 3. The fourth-order valence-electron chi connectivity index (χ4n) is 4.27. The second-order valence-electron chi connectivity index (χ2n) is 7.62. The summed E-state index contributed by atoms with van der Waals surface area (Å²) in [6, 6.07) is 10.3. The lowest BCUT2D eigenvalue weighted by Crippen LogP contribution is -2.55. The molecule has 2 heterocycles. The van der Waals surface area contributed by atoms with Crippen molar-refractivity contribution in [2.24, 2.45) is 0 Å². The van der Waals surface area contributed by atoms with Crippen LogP contribution in [-0.4, -0.2) is 61.3 Å². The predicted molar refractivity (Wildman–Crippen MR) is 118 cm³/mol. The largest absolute Gasteiger partial charge is 0.502 e. The maximum absolute atomic E-state index is 12.0. The minimum atomic E-state index is -0.867. The van der Waals surface area contributed by atoms with E-state index < -0.39 is 18.6 Å². The van der Waals surface area contributed by atoms with Crippen LogP contribution in [0.15, 0.2) is 36.4 Å². The summed E-state index contributed by atoms with van der Waals surface area (Å²) < 4.78 is 15.5. The summed E-state index contributed by atoms with van der Waals surface area (Å²) in [7, 11) is 4.25. The van der Waals surface area contributed by atoms with Gasteiger partial charge in [-0.3, -0.25) is 15.4 Å². The quantitative estimate of drug-likeness (QED) is 0.350. The molecule has 0 radical (unpaired) electrons. The lowest BCUT2D eigenvalue weighted by Gasteiger charge is -2.34. The van der Waals surface area contributed by atoms with E-state index in [-0.39, 0.29) is 29.5 Å². The molecule has 3 atom stereocenters. The molecule has 0 unspecified atom stereocenters. The van der Waals surface area contributed by atoms with Gasteiger partial charge in [0.2, 0.25) is 5.75 Å². The number of benzene rings is 2. The molecule has 1 aromatic heterocycles. The average Bonchev–Trinajstić information content (AvgIpc) is 3.20. The van der Waals surface area contributed by atoms with Crippen molar-refractivity contribution in [1.29, 1.82) is 0 Å². The van der Waals surface area contributed by atoms with Crippen molar-refractivity contribution < 1.29 is 29.2 Å². The monoisotopic (exact) mass is 441 g/mol. The van der Waals surface area contributed by atoms with Gasteiger partial charge in [0.1, 0.15) is 6.04 Å². The van der Waals surface area contributed by atoms with Crippen molar-refractivity contribution in [2.75, 3.05) is 27.9 Å². The Kier molecular flexibility index (Phi) is 6.22. The number of esters is 1. The van der Waals surface area contributed by atoms with Gasteiger partial charge in [-0.2, -0.15) is 0 Å². The molecule has 0 aliphatic carbocycles. The lowest BCUT2D eigenvalue weighted by atomic mass is 9.92. The number of phenols is 1. The molecule has 0 amide bonds. The number of carbonyl (C=O) groups is 1. The van der Waals surface area contributed by atoms with Gasteiger partial charge in [0, 0.05) is 23.0 Å². The molecule has 3 aromatic rings. The Balaban J connectivity index is 1.80. The first-order valence-electron chi connectivity index (χ1n) is 10.3. The summed E-state index contributed by atoms with van der Waals surface area (Å²) in [6.45, 7) is -0.392. The normalized spacial score (nSPS) is 18.8. The van der Waals surface area contributed by atoms with E-state index in [9.17, 15) is 15.0 Å². The van der Waals surface area contributed by atoms with Crippen molar-refractivity contribution in [2.45, 2.75) is 24.7 Å². The number of hydrogen-bond acceptors (Lipinski definition) is 8. The van der Waals surface area contributed by atoms with Crippen LogP contribution in [0.2, 0.25) is 0 Å². The molecule has 170 valence electrons. The van der Waals surface area contributed by atoms with E-state index >= 15 is 0 Å². The van der Waals surface area contributed by atoms with E-state index in [1.165, 1.54) is 21.3 Å². The molecule has 0 saturated heterocycles. The molecule has 32 heavy (non-hydrogen) atoms. The molecule has 1 aliphatic heterocycles. The Morgan fingerprint density at radius 3 is 2.50 bits per heavy atom. The molecular formula is C23H27N3O6. The predicted octanol–water partition coefficient (Wildman–Crippen LogP) is 1.58. The third-order valence-electron chi connectivity index (χ3n) is 5.82. The number of H-pyrrole nitrogens is 1. The van der Waals surface area contributed by atoms with Gasteiger partial charge >= 0.3 is 5.97 Å². The first-order chi connectivity index (χ1) is 15.5. The first kappa shape index (κ1) is 21.9. The maximum Gasteiger partial charge on any atom is 0.325 e. The fraction of sp³-hybridized carbons (Fsp3) is 0.348. The van der Waals surface area contributed by atoms with E-state index in [1.54, 1.807) is 12.1 Å². The number of aliphatic hydroxyl groups is 1. The number of aliphatic hydroxyl groups excluding tert-OH is 1. The number of aromatic nitrogens is 1. The van der Waals surface area contributed by atoms with Crippen molar-refractivity contribution in [1.82, 2.24) is 15.6 Å². The zero-order valence-corrected chi connectivity index (χ0v) is 18.1. The van der Waals surface area contributed by atoms with Crippen LogP contribution in [0.25, 0.3) is 10.9 Å². The number of nitrogens with one attached hydrogen (secondary N) is 3. The highest BCUT2D eigenvalue weighted by Crippen LogP contribution is 2.42. The van der Waals surface area contributed by atoms with Crippen molar-refractivity contribution in [3.05, 3.63) is 53.2 Å². The summed E-state index contributed by atoms with van der Waals surface area (Å²) in [5.74, 6) is -0.0379. The summed E-state index contributed by atoms with van der Waals surface area (Å²) in [4.78, 5) is 15.5. The van der Waals surface area contributed by atoms with E-state index in [2.05, 4.69) is 15.6 Å². The number of fused-ring (bicyclic) bond motifs is 3. The van der Waals surface area contributed by atoms with E-state index in [0.717, 1.165) is 27.7 Å². The van der Waals surface area contributed by atoms with E-state index in [4.69, 9.17) is 14.2 Å². The molecule has 0 spiro atoms. The second-order valence-corrected chi connectivity index (χ2v) is 7.62. The molecule has 9 heteroatoms. The Morgan fingerprint density at radius 1 is 1.19 bits per heavy atom. The zero-order chi connectivity index (χ0) is 22.8. The van der Waals surface area contributed by atoms with E-state index in [0.29, 0.717) is 6.42 Å². The number of aromatic hydroxyl groups is 1. The molecule has 0 bridgehead atoms. The molecule has 9 nitrogen and oxygen atoms in total. The first-order valence-corrected chi connectivity index (χ1v) is 10.3. The van der Waals surface area contributed by atoms with Gasteiger partial charge in [-0.05, 0) is 29.3 Å². The SMILES string of the molecule is COC(=O)[C@@H](CO)N[C@@H]1Cc2c([nH]c3ccccc23)[C@@H](c2cc(OC)c(O)c(OC)c2)N1. The third kappa shape index (κ3) is 3.86. The summed E-state index contributed by atoms with van der Waals surface area (Å²) in [6.07, 6.45) is 0.240. The Hall–Kier alpha value is -3.27. The number of ether oxygens (including phenoxy) is 3. The summed E-state index contributed by atoms with van der Waals surface area (Å²) >= 11 is 0. The number of phenolic OH excluding ortho intramolecular Hbond substituents is 1. The molecule has 5 N–H and O–H groups in total. The maximum atomic E-state index is 12.0. The van der Waals surface area contributed by atoms with Crippen LogP contribution < -0.4 is 20.1 Å². The van der Waals surface area contributed by atoms with Crippen molar-refractivity contribution in [3.63, 3.8) is 0 Å². The Bertz CT molecular complexity index is 1100. The summed E-state index contributed by atoms with van der Waals surface area (Å²) in [5, 5.41) is 27.8. The highest BCUT2D eigenvalue weighted by molar-refractivity contribution is 5.85. The number of aromatic amines is 1. The molecule has 0 saturated carbocycles. The van der Waals surface area contributed by atoms with Gasteiger partial charge < -0.3 is 29.4 Å². The topological polar surface area (TPSA) is 125 Å². The third-order valence-corrected chi connectivity index (χ3v) is 5.82. The molecule has 4 rings (SSSR count). The second kappa shape index (κ2) is 9.07. The smallest absolute Gasteiger partial charge is 0.325 e. The van der Waals surface area contributed by atoms with Gasteiger partial charge in [-0.15, -0.1) is 0 Å². The van der Waals surface area contributed by atoms with Crippen LogP contribution >= 0.6 is 0 Å². The number of para-hydroxylation sites is 1. The zero-order valence-electron chi connectivity index (χ0n) is 18.1. The fourth-order valence-corrected chi connectivity index (χ4v) is 4.27. The van der Waals surface area contributed by atoms with Crippen LogP contribution in [0.1, 0.15) is 22.9 Å². The van der Waals surface area contributed by atoms with Gasteiger partial charge in [-0.25, -0.2) is 0 Å². The lowest BCUT2D eigenvalue weighted by molar-refractivity contribution is -0.144. The van der Waals surface area contributed by atoms with Crippen LogP contribution in [0.3, 0.4) is 0 Å². The number of carbonyl (C=O) groups excluding carboxylic acids is 1. The minimum Gasteiger partial charge on any atom is -0.502 e. The average molecular weight is 441 g/mol. The number of hydrogen-bond donors (Lipinski definition) is 5. The standard InChI is InChI=1S/C23H27N3O6/c1-30-17-8-12(9-18(31-2)22(17)28)20-21-14(13-6-4-5-7-15(13)25-21)10-19(26-20)24-16(11-27)23(29)32-3/h4-9,16,19-20,24-28H,10-11H2,1-3H3/t16-,19+,20-/m1/s1. The van der Waals surface area contributed by atoms with Crippen molar-refractivity contribution >= 4 is 16.9 Å². The van der Waals surface area contributed by atoms with Crippen LogP contribution in [0.4, 0.5) is 0 Å². The number of rotatable bonds is 7. The minimum absolute atomic E-state index is 0.0767. The molecule has 2 aromatic carbocycles. The van der Waals surface area contributed by atoms with Gasteiger partial charge in [0.15, 0.2) is 11.5 Å². The highest BCUT2D eigenvalue weighted by atomic mass is 16.5. The summed E-state index contributed by atoms with van der Waals surface area (Å²) in [5.41, 5.74) is 3.86. The van der Waals surface area contributed by atoms with Gasteiger partial charge in [0.25, 0.3) is 0 Å². The van der Waals surface area contributed by atoms with E-state index in [1.807, 2.05) is 24.3 Å². The van der Waals surface area contributed by atoms with Crippen molar-refractivity contribution in [3.8, 4) is 17.2 Å². The Labute approximate surface area is 185 Å². The Morgan fingerprint density at radius 2 is 1.88 bits per heavy atom. The highest BCUT2D eigenvalue weighted by Gasteiger charge is 2.33. The molecule has 0 fully saturated rings. The van der Waals surface area contributed by atoms with Gasteiger partial charge in [-0.1, -0.05) is 18.2 Å². The van der Waals surface area contributed by atoms with Crippen LogP contribution in [0, 0.1) is 0 Å². The molecule has 1 aliphatic rings. The van der Waals surface area contributed by atoms with Crippen LogP contribution in [-0.2, 0) is 16.0 Å². The molecular weight excluding hydrogens is 414 g/mol.